The fourth-order valence-electron chi connectivity index (χ4n) is 2.25. The minimum atomic E-state index is -0.165. The van der Waals surface area contributed by atoms with Crippen LogP contribution in [0, 0.1) is 0 Å². The molecule has 1 N–H and O–H groups in total. The van der Waals surface area contributed by atoms with Crippen LogP contribution < -0.4 is 5.32 Å². The van der Waals surface area contributed by atoms with E-state index >= 15 is 0 Å². The molecule has 1 amide bonds. The van der Waals surface area contributed by atoms with E-state index < -0.39 is 0 Å². The molecule has 0 aliphatic rings. The van der Waals surface area contributed by atoms with Crippen molar-refractivity contribution in [3.63, 3.8) is 0 Å². The first-order chi connectivity index (χ1) is 10.1. The summed E-state index contributed by atoms with van der Waals surface area (Å²) in [5.74, 6) is -0.0921. The Morgan fingerprint density at radius 1 is 1.38 bits per heavy atom. The summed E-state index contributed by atoms with van der Waals surface area (Å²) in [5, 5.41) is 7.13. The number of amides is 1. The van der Waals surface area contributed by atoms with Gasteiger partial charge in [0.25, 0.3) is 5.91 Å². The van der Waals surface area contributed by atoms with E-state index in [-0.39, 0.29) is 18.0 Å². The summed E-state index contributed by atoms with van der Waals surface area (Å²) >= 11 is 1.47. The highest BCUT2D eigenvalue weighted by molar-refractivity contribution is 7.14. The van der Waals surface area contributed by atoms with Gasteiger partial charge in [-0.25, -0.2) is 9.50 Å². The molecule has 0 aliphatic heterocycles. The molecule has 1 unspecified atom stereocenters. The van der Waals surface area contributed by atoms with Gasteiger partial charge in [0.05, 0.1) is 17.9 Å². The van der Waals surface area contributed by atoms with Crippen molar-refractivity contribution in [1.82, 2.24) is 24.5 Å². The molecule has 0 aliphatic carbocycles. The molecule has 3 rings (SSSR count). The molecule has 7 heteroatoms. The molecule has 3 heterocycles. The summed E-state index contributed by atoms with van der Waals surface area (Å²) in [6, 6.07) is 3.80. The Hall–Kier alpha value is -2.15. The van der Waals surface area contributed by atoms with Crippen LogP contribution in [0.3, 0.4) is 0 Å². The van der Waals surface area contributed by atoms with Crippen LogP contribution in [0.5, 0.6) is 0 Å². The van der Waals surface area contributed by atoms with Crippen molar-refractivity contribution in [2.24, 2.45) is 0 Å². The maximum atomic E-state index is 12.4. The molecule has 0 spiro atoms. The molecule has 6 nitrogen and oxygen atoms in total. The van der Waals surface area contributed by atoms with Crippen LogP contribution in [-0.4, -0.2) is 25.1 Å². The Labute approximate surface area is 126 Å². The Kier molecular flexibility index (Phi) is 3.50. The first-order valence-electron chi connectivity index (χ1n) is 6.82. The zero-order chi connectivity index (χ0) is 15.0. The molecule has 0 bridgehead atoms. The Balaban J connectivity index is 1.77. The standard InChI is InChI=1S/C14H17N5OS/c1-9(2)18-6-4-5-12(18)13(20)16-10(3)11-7-19-14(17-11)21-8-15-19/h4-10H,1-3H3,(H,16,20). The lowest BCUT2D eigenvalue weighted by atomic mass is 10.2. The number of nitrogens with one attached hydrogen (secondary N) is 1. The SMILES string of the molecule is CC(NC(=O)c1cccn1C(C)C)c1cn2ncsc2n1. The number of fused-ring (bicyclic) bond motifs is 1. The topological polar surface area (TPSA) is 64.2 Å². The van der Waals surface area contributed by atoms with Gasteiger partial charge in [0.15, 0.2) is 0 Å². The monoisotopic (exact) mass is 303 g/mol. The van der Waals surface area contributed by atoms with Crippen molar-refractivity contribution < 1.29 is 4.79 Å². The average molecular weight is 303 g/mol. The van der Waals surface area contributed by atoms with Crippen LogP contribution in [-0.2, 0) is 0 Å². The van der Waals surface area contributed by atoms with E-state index in [4.69, 9.17) is 0 Å². The third kappa shape index (κ3) is 2.56. The van der Waals surface area contributed by atoms with Gasteiger partial charge in [0.1, 0.15) is 11.2 Å². The smallest absolute Gasteiger partial charge is 0.268 e. The molecule has 3 aromatic heterocycles. The minimum absolute atomic E-state index is 0.0921. The van der Waals surface area contributed by atoms with E-state index in [9.17, 15) is 4.79 Å². The van der Waals surface area contributed by atoms with Gasteiger partial charge in [0, 0.05) is 12.2 Å². The van der Waals surface area contributed by atoms with Crippen molar-refractivity contribution in [2.45, 2.75) is 32.9 Å². The lowest BCUT2D eigenvalue weighted by molar-refractivity contribution is 0.0928. The number of nitrogens with zero attached hydrogens (tertiary/aromatic N) is 4. The van der Waals surface area contributed by atoms with Crippen LogP contribution in [0.1, 0.15) is 49.0 Å². The normalized spacial score (nSPS) is 13.0. The largest absolute Gasteiger partial charge is 0.343 e. The van der Waals surface area contributed by atoms with Gasteiger partial charge < -0.3 is 9.88 Å². The molecule has 0 fully saturated rings. The van der Waals surface area contributed by atoms with Crippen LogP contribution in [0.15, 0.2) is 30.0 Å². The number of hydrogen-bond donors (Lipinski definition) is 1. The van der Waals surface area contributed by atoms with Crippen LogP contribution in [0.2, 0.25) is 0 Å². The summed E-state index contributed by atoms with van der Waals surface area (Å²) in [6.07, 6.45) is 3.76. The fraction of sp³-hybridized carbons (Fsp3) is 0.357. The van der Waals surface area contributed by atoms with Crippen LogP contribution in [0.4, 0.5) is 0 Å². The maximum Gasteiger partial charge on any atom is 0.268 e. The van der Waals surface area contributed by atoms with Gasteiger partial charge in [-0.2, -0.15) is 5.10 Å². The highest BCUT2D eigenvalue weighted by Gasteiger charge is 2.18. The lowest BCUT2D eigenvalue weighted by Crippen LogP contribution is -2.29. The van der Waals surface area contributed by atoms with Gasteiger partial charge in [-0.3, -0.25) is 4.79 Å². The van der Waals surface area contributed by atoms with Crippen molar-refractivity contribution in [1.29, 1.82) is 0 Å². The van der Waals surface area contributed by atoms with E-state index in [1.807, 2.05) is 36.0 Å². The molecular weight excluding hydrogens is 286 g/mol. The number of aromatic nitrogens is 4. The third-order valence-corrected chi connectivity index (χ3v) is 4.05. The molecule has 21 heavy (non-hydrogen) atoms. The van der Waals surface area contributed by atoms with Crippen molar-refractivity contribution in [2.75, 3.05) is 0 Å². The molecule has 0 radical (unpaired) electrons. The number of hydrogen-bond acceptors (Lipinski definition) is 4. The quantitative estimate of drug-likeness (QED) is 0.806. The Morgan fingerprint density at radius 2 is 2.19 bits per heavy atom. The summed E-state index contributed by atoms with van der Waals surface area (Å²) in [4.78, 5) is 17.7. The predicted octanol–water partition coefficient (Wildman–Crippen LogP) is 2.66. The van der Waals surface area contributed by atoms with E-state index in [2.05, 4.69) is 29.2 Å². The van der Waals surface area contributed by atoms with Gasteiger partial charge >= 0.3 is 0 Å². The second kappa shape index (κ2) is 5.33. The van der Waals surface area contributed by atoms with Gasteiger partial charge in [-0.05, 0) is 32.9 Å². The minimum Gasteiger partial charge on any atom is -0.343 e. The second-order valence-corrected chi connectivity index (χ2v) is 6.03. The Bertz CT molecular complexity index is 741. The summed E-state index contributed by atoms with van der Waals surface area (Å²) < 4.78 is 3.68. The predicted molar refractivity (Wildman–Crippen MR) is 81.6 cm³/mol. The van der Waals surface area contributed by atoms with E-state index in [1.165, 1.54) is 11.3 Å². The first kappa shape index (κ1) is 13.8. The van der Waals surface area contributed by atoms with Gasteiger partial charge in [-0.15, -0.1) is 0 Å². The third-order valence-electron chi connectivity index (χ3n) is 3.36. The molecular formula is C14H17N5OS. The van der Waals surface area contributed by atoms with E-state index in [1.54, 1.807) is 10.0 Å². The second-order valence-electron chi connectivity index (χ2n) is 5.22. The maximum absolute atomic E-state index is 12.4. The summed E-state index contributed by atoms with van der Waals surface area (Å²) in [6.45, 7) is 6.03. The highest BCUT2D eigenvalue weighted by atomic mass is 32.1. The summed E-state index contributed by atoms with van der Waals surface area (Å²) in [7, 11) is 0. The number of imidazole rings is 1. The van der Waals surface area contributed by atoms with Crippen LogP contribution >= 0.6 is 11.3 Å². The zero-order valence-electron chi connectivity index (χ0n) is 12.1. The first-order valence-corrected chi connectivity index (χ1v) is 7.70. The average Bonchev–Trinajstić information content (AvgIpc) is 3.13. The van der Waals surface area contributed by atoms with Crippen LogP contribution in [0.25, 0.3) is 4.96 Å². The van der Waals surface area contributed by atoms with Crippen molar-refractivity contribution >= 4 is 22.2 Å². The number of carbonyl (C=O) groups excluding carboxylic acids is 1. The summed E-state index contributed by atoms with van der Waals surface area (Å²) in [5.41, 5.74) is 3.21. The lowest BCUT2D eigenvalue weighted by Gasteiger charge is -2.15. The van der Waals surface area contributed by atoms with Crippen molar-refractivity contribution in [3.05, 3.63) is 41.4 Å². The molecule has 0 saturated carbocycles. The van der Waals surface area contributed by atoms with Gasteiger partial charge in [-0.1, -0.05) is 11.3 Å². The van der Waals surface area contributed by atoms with E-state index in [0.717, 1.165) is 10.7 Å². The molecule has 3 aromatic rings. The van der Waals surface area contributed by atoms with Gasteiger partial charge in [0.2, 0.25) is 4.96 Å². The number of rotatable bonds is 4. The highest BCUT2D eigenvalue weighted by Crippen LogP contribution is 2.17. The molecule has 0 aromatic carbocycles. The molecule has 0 saturated heterocycles. The fourth-order valence-corrected chi connectivity index (χ4v) is 2.85. The molecule has 110 valence electrons. The number of carbonyl (C=O) groups is 1. The zero-order valence-corrected chi connectivity index (χ0v) is 13.0. The van der Waals surface area contributed by atoms with Crippen molar-refractivity contribution in [3.8, 4) is 0 Å². The van der Waals surface area contributed by atoms with E-state index in [0.29, 0.717) is 5.69 Å². The Morgan fingerprint density at radius 3 is 2.90 bits per heavy atom. The molecule has 1 atom stereocenters.